The summed E-state index contributed by atoms with van der Waals surface area (Å²) in [6.45, 7) is 3.03. The lowest BCUT2D eigenvalue weighted by Crippen LogP contribution is -2.42. The van der Waals surface area contributed by atoms with Gasteiger partial charge in [-0.25, -0.2) is 18.0 Å². The minimum absolute atomic E-state index is 0.0157. The van der Waals surface area contributed by atoms with E-state index in [0.717, 1.165) is 6.20 Å². The van der Waals surface area contributed by atoms with Gasteiger partial charge < -0.3 is 14.9 Å². The fourth-order valence-electron chi connectivity index (χ4n) is 2.04. The van der Waals surface area contributed by atoms with Crippen molar-refractivity contribution in [1.29, 1.82) is 0 Å². The topological polar surface area (TPSA) is 108 Å². The number of nitro groups is 1. The number of hydrogen-bond acceptors (Lipinski definition) is 6. The van der Waals surface area contributed by atoms with Crippen LogP contribution in [0, 0.1) is 17.0 Å². The molecule has 0 amide bonds. The van der Waals surface area contributed by atoms with Gasteiger partial charge in [0.05, 0.1) is 13.2 Å². The van der Waals surface area contributed by atoms with Crippen molar-refractivity contribution in [2.75, 3.05) is 32.1 Å². The average molecular weight is 304 g/mol. The van der Waals surface area contributed by atoms with Gasteiger partial charge >= 0.3 is 5.82 Å². The summed E-state index contributed by atoms with van der Waals surface area (Å²) in [4.78, 5) is 14.1. The highest BCUT2D eigenvalue weighted by Crippen LogP contribution is 2.14. The summed E-state index contributed by atoms with van der Waals surface area (Å²) in [6.07, 6.45) is 1.14. The Morgan fingerprint density at radius 2 is 2.10 bits per heavy atom. The summed E-state index contributed by atoms with van der Waals surface area (Å²) in [5.74, 6) is 0.0407. The Morgan fingerprint density at radius 3 is 2.70 bits per heavy atom. The van der Waals surface area contributed by atoms with Crippen molar-refractivity contribution in [2.24, 2.45) is 0 Å². The molecule has 2 heterocycles. The maximum absolute atomic E-state index is 12.1. The van der Waals surface area contributed by atoms with Gasteiger partial charge in [-0.3, -0.25) is 0 Å². The Labute approximate surface area is 116 Å². The number of aryl methyl sites for hydroxylation is 1. The third-order valence-electron chi connectivity index (χ3n) is 3.16. The van der Waals surface area contributed by atoms with Crippen LogP contribution in [0.25, 0.3) is 0 Å². The van der Waals surface area contributed by atoms with Crippen molar-refractivity contribution < 1.29 is 18.1 Å². The van der Waals surface area contributed by atoms with Gasteiger partial charge in [0.15, 0.2) is 5.82 Å². The van der Waals surface area contributed by atoms with Crippen LogP contribution in [-0.2, 0) is 21.3 Å². The molecular formula is C10H16N4O5S. The second-order valence-corrected chi connectivity index (χ2v) is 6.49. The molecule has 0 spiro atoms. The van der Waals surface area contributed by atoms with E-state index in [9.17, 15) is 18.5 Å². The van der Waals surface area contributed by atoms with Crippen LogP contribution in [0.4, 0.5) is 5.82 Å². The fraction of sp³-hybridized carbons (Fsp3) is 0.700. The molecule has 0 bridgehead atoms. The predicted octanol–water partition coefficient (Wildman–Crippen LogP) is -0.238. The van der Waals surface area contributed by atoms with E-state index in [1.54, 1.807) is 6.92 Å². The molecule has 0 aliphatic carbocycles. The fourth-order valence-corrected chi connectivity index (χ4v) is 3.42. The normalized spacial score (nSPS) is 17.2. The zero-order valence-electron chi connectivity index (χ0n) is 11.1. The first-order valence-corrected chi connectivity index (χ1v) is 7.75. The lowest BCUT2D eigenvalue weighted by Gasteiger charge is -2.25. The molecule has 0 radical (unpaired) electrons. The van der Waals surface area contributed by atoms with Crippen molar-refractivity contribution in [2.45, 2.75) is 13.5 Å². The van der Waals surface area contributed by atoms with E-state index in [1.165, 1.54) is 8.87 Å². The lowest BCUT2D eigenvalue weighted by molar-refractivity contribution is -0.392. The molecule has 0 saturated carbocycles. The molecule has 20 heavy (non-hydrogen) atoms. The Bertz CT molecular complexity index is 591. The highest BCUT2D eigenvalue weighted by Gasteiger charge is 2.26. The summed E-state index contributed by atoms with van der Waals surface area (Å²) in [6, 6.07) is 0. The van der Waals surface area contributed by atoms with Gasteiger partial charge in [0, 0.05) is 20.0 Å². The van der Waals surface area contributed by atoms with Gasteiger partial charge in [-0.2, -0.15) is 4.31 Å². The summed E-state index contributed by atoms with van der Waals surface area (Å²) < 4.78 is 32.0. The van der Waals surface area contributed by atoms with Gasteiger partial charge in [-0.15, -0.1) is 0 Å². The van der Waals surface area contributed by atoms with Crippen LogP contribution in [0.1, 0.15) is 5.82 Å². The number of ether oxygens (including phenoxy) is 1. The average Bonchev–Trinajstić information content (AvgIpc) is 2.79. The van der Waals surface area contributed by atoms with Crippen molar-refractivity contribution in [3.05, 3.63) is 22.1 Å². The van der Waals surface area contributed by atoms with Crippen LogP contribution < -0.4 is 0 Å². The van der Waals surface area contributed by atoms with Crippen molar-refractivity contribution in [3.63, 3.8) is 0 Å². The van der Waals surface area contributed by atoms with Crippen molar-refractivity contribution in [1.82, 2.24) is 13.9 Å². The minimum Gasteiger partial charge on any atom is -0.379 e. The molecule has 1 aromatic rings. The molecule has 0 atom stereocenters. The molecule has 2 rings (SSSR count). The van der Waals surface area contributed by atoms with E-state index in [1.807, 2.05) is 0 Å². The zero-order chi connectivity index (χ0) is 14.8. The first kappa shape index (κ1) is 14.9. The zero-order valence-corrected chi connectivity index (χ0v) is 11.9. The first-order valence-electron chi connectivity index (χ1n) is 6.14. The molecule has 0 N–H and O–H groups in total. The third-order valence-corrected chi connectivity index (χ3v) is 5.01. The van der Waals surface area contributed by atoms with Crippen LogP contribution >= 0.6 is 0 Å². The molecule has 0 unspecified atom stereocenters. The van der Waals surface area contributed by atoms with E-state index < -0.39 is 14.9 Å². The maximum Gasteiger partial charge on any atom is 0.342 e. The van der Waals surface area contributed by atoms with Crippen molar-refractivity contribution in [3.8, 4) is 0 Å². The number of morpholine rings is 1. The molecule has 1 aliphatic heterocycles. The summed E-state index contributed by atoms with van der Waals surface area (Å²) in [5, 5.41) is 10.8. The van der Waals surface area contributed by atoms with E-state index in [-0.39, 0.29) is 18.1 Å². The molecule has 1 fully saturated rings. The van der Waals surface area contributed by atoms with Gasteiger partial charge in [0.2, 0.25) is 10.0 Å². The molecule has 112 valence electrons. The number of sulfonamides is 1. The Kier molecular flexibility index (Phi) is 4.35. The largest absolute Gasteiger partial charge is 0.379 e. The molecule has 1 aliphatic rings. The predicted molar refractivity (Wildman–Crippen MR) is 69.8 cm³/mol. The monoisotopic (exact) mass is 304 g/mol. The van der Waals surface area contributed by atoms with Crippen LogP contribution in [-0.4, -0.2) is 59.3 Å². The Hall–Kier alpha value is -1.52. The van der Waals surface area contributed by atoms with Gasteiger partial charge in [-0.1, -0.05) is 0 Å². The molecule has 1 saturated heterocycles. The highest BCUT2D eigenvalue weighted by molar-refractivity contribution is 7.89. The van der Waals surface area contributed by atoms with E-state index >= 15 is 0 Å². The van der Waals surface area contributed by atoms with Crippen LogP contribution in [0.5, 0.6) is 0 Å². The van der Waals surface area contributed by atoms with Crippen LogP contribution in [0.3, 0.4) is 0 Å². The maximum atomic E-state index is 12.1. The minimum atomic E-state index is -3.44. The quantitative estimate of drug-likeness (QED) is 0.549. The highest BCUT2D eigenvalue weighted by atomic mass is 32.2. The molecule has 0 aromatic carbocycles. The van der Waals surface area contributed by atoms with E-state index in [0.29, 0.717) is 32.1 Å². The number of aromatic nitrogens is 2. The lowest BCUT2D eigenvalue weighted by atomic mass is 10.5. The van der Waals surface area contributed by atoms with Gasteiger partial charge in [0.1, 0.15) is 18.5 Å². The molecule has 10 heteroatoms. The Balaban J connectivity index is 2.08. The van der Waals surface area contributed by atoms with Gasteiger partial charge in [0.25, 0.3) is 0 Å². The molecule has 1 aromatic heterocycles. The Morgan fingerprint density at radius 1 is 1.45 bits per heavy atom. The number of rotatable bonds is 5. The third kappa shape index (κ3) is 3.14. The summed E-state index contributed by atoms with van der Waals surface area (Å²) in [7, 11) is -3.44. The number of hydrogen-bond donors (Lipinski definition) is 0. The summed E-state index contributed by atoms with van der Waals surface area (Å²) in [5.41, 5.74) is 0. The standard InChI is InChI=1S/C10H16N4O5S/c1-9-11-8-10(14(15)16)13(9)4-7-20(17,18)12-2-5-19-6-3-12/h8H,2-7H2,1H3. The van der Waals surface area contributed by atoms with Crippen LogP contribution in [0.2, 0.25) is 0 Å². The van der Waals surface area contributed by atoms with E-state index in [4.69, 9.17) is 4.74 Å². The smallest absolute Gasteiger partial charge is 0.342 e. The second-order valence-electron chi connectivity index (χ2n) is 4.40. The van der Waals surface area contributed by atoms with E-state index in [2.05, 4.69) is 4.98 Å². The molecular weight excluding hydrogens is 288 g/mol. The van der Waals surface area contributed by atoms with Crippen molar-refractivity contribution >= 4 is 15.8 Å². The number of imidazole rings is 1. The molecule has 9 nitrogen and oxygen atoms in total. The SMILES string of the molecule is Cc1ncc([N+](=O)[O-])n1CCS(=O)(=O)N1CCOCC1. The van der Waals surface area contributed by atoms with Gasteiger partial charge in [-0.05, 0) is 4.92 Å². The second kappa shape index (κ2) is 5.85. The van der Waals surface area contributed by atoms with Crippen LogP contribution in [0.15, 0.2) is 6.20 Å². The summed E-state index contributed by atoms with van der Waals surface area (Å²) >= 11 is 0. The first-order chi connectivity index (χ1) is 9.42. The number of nitrogens with zero attached hydrogens (tertiary/aromatic N) is 4.